The van der Waals surface area contributed by atoms with E-state index in [1.54, 1.807) is 12.1 Å². The second-order valence-corrected chi connectivity index (χ2v) is 5.26. The van der Waals surface area contributed by atoms with E-state index in [4.69, 9.17) is 10.5 Å². The molecule has 3 N–H and O–H groups in total. The lowest BCUT2D eigenvalue weighted by atomic mass is 10.2. The highest BCUT2D eigenvalue weighted by molar-refractivity contribution is 5.91. The average Bonchev–Trinajstić information content (AvgIpc) is 2.38. The molecule has 1 aliphatic heterocycles. The number of nitrogens with two attached hydrogens (primary N) is 1. The van der Waals surface area contributed by atoms with Gasteiger partial charge in [0.2, 0.25) is 5.91 Å². The van der Waals surface area contributed by atoms with Crippen molar-refractivity contribution >= 4 is 17.3 Å². The largest absolute Gasteiger partial charge is 0.399 e. The van der Waals surface area contributed by atoms with Gasteiger partial charge < -0.3 is 15.8 Å². The molecule has 2 rings (SSSR count). The maximum absolute atomic E-state index is 11.8. The Morgan fingerprint density at radius 1 is 1.55 bits per heavy atom. The molecular formula is C15H23N3O2. The lowest BCUT2D eigenvalue weighted by Gasteiger charge is -2.30. The molecule has 0 saturated carbocycles. The molecule has 1 aromatic rings. The second kappa shape index (κ2) is 7.26. The van der Waals surface area contributed by atoms with Crippen LogP contribution in [0.15, 0.2) is 24.3 Å². The van der Waals surface area contributed by atoms with Gasteiger partial charge in [-0.15, -0.1) is 0 Å². The maximum atomic E-state index is 11.8. The summed E-state index contributed by atoms with van der Waals surface area (Å²) in [6.07, 6.45) is 1.69. The van der Waals surface area contributed by atoms with Crippen molar-refractivity contribution in [3.63, 3.8) is 0 Å². The van der Waals surface area contributed by atoms with Gasteiger partial charge >= 0.3 is 0 Å². The first-order chi connectivity index (χ1) is 9.63. The number of nitrogens with zero attached hydrogens (tertiary/aromatic N) is 1. The molecule has 1 fully saturated rings. The van der Waals surface area contributed by atoms with Crippen LogP contribution in [0.5, 0.6) is 0 Å². The van der Waals surface area contributed by atoms with Crippen molar-refractivity contribution in [2.24, 2.45) is 0 Å². The summed E-state index contributed by atoms with van der Waals surface area (Å²) < 4.78 is 5.49. The number of ether oxygens (including phenoxy) is 1. The molecule has 1 saturated heterocycles. The van der Waals surface area contributed by atoms with Gasteiger partial charge in [-0.1, -0.05) is 6.07 Å². The first-order valence-electron chi connectivity index (χ1n) is 7.13. The van der Waals surface area contributed by atoms with Crippen LogP contribution in [0, 0.1) is 0 Å². The van der Waals surface area contributed by atoms with Gasteiger partial charge in [-0.05, 0) is 38.1 Å². The van der Waals surface area contributed by atoms with Crippen LogP contribution in [0.25, 0.3) is 0 Å². The highest BCUT2D eigenvalue weighted by atomic mass is 16.5. The molecule has 1 atom stereocenters. The average molecular weight is 277 g/mol. The van der Waals surface area contributed by atoms with Crippen molar-refractivity contribution in [3.8, 4) is 0 Å². The van der Waals surface area contributed by atoms with Crippen molar-refractivity contribution in [3.05, 3.63) is 24.3 Å². The Hall–Kier alpha value is -1.59. The molecule has 0 bridgehead atoms. The van der Waals surface area contributed by atoms with Crippen molar-refractivity contribution in [1.82, 2.24) is 4.90 Å². The molecule has 5 heteroatoms. The van der Waals surface area contributed by atoms with Gasteiger partial charge in [-0.3, -0.25) is 9.69 Å². The zero-order valence-corrected chi connectivity index (χ0v) is 12.0. The van der Waals surface area contributed by atoms with Crippen LogP contribution in [-0.2, 0) is 9.53 Å². The highest BCUT2D eigenvalue weighted by Gasteiger charge is 2.16. The van der Waals surface area contributed by atoms with E-state index >= 15 is 0 Å². The monoisotopic (exact) mass is 277 g/mol. The zero-order valence-electron chi connectivity index (χ0n) is 12.0. The third-order valence-electron chi connectivity index (χ3n) is 3.37. The second-order valence-electron chi connectivity index (χ2n) is 5.26. The minimum atomic E-state index is 0.0388. The van der Waals surface area contributed by atoms with E-state index < -0.39 is 0 Å². The Morgan fingerprint density at radius 3 is 3.15 bits per heavy atom. The number of nitrogens with one attached hydrogen (secondary N) is 1. The Labute approximate surface area is 120 Å². The van der Waals surface area contributed by atoms with Crippen molar-refractivity contribution < 1.29 is 9.53 Å². The van der Waals surface area contributed by atoms with Crippen molar-refractivity contribution in [2.45, 2.75) is 25.9 Å². The van der Waals surface area contributed by atoms with Crippen LogP contribution < -0.4 is 11.1 Å². The van der Waals surface area contributed by atoms with Gasteiger partial charge in [0.05, 0.1) is 12.7 Å². The van der Waals surface area contributed by atoms with E-state index in [1.165, 1.54) is 0 Å². The molecule has 0 spiro atoms. The van der Waals surface area contributed by atoms with Crippen LogP contribution >= 0.6 is 0 Å². The van der Waals surface area contributed by atoms with Gasteiger partial charge in [0.1, 0.15) is 0 Å². The van der Waals surface area contributed by atoms with Gasteiger partial charge in [0.15, 0.2) is 0 Å². The number of hydrogen-bond donors (Lipinski definition) is 2. The normalized spacial score (nSPS) is 19.8. The van der Waals surface area contributed by atoms with E-state index in [9.17, 15) is 4.79 Å². The quantitative estimate of drug-likeness (QED) is 0.804. The smallest absolute Gasteiger partial charge is 0.224 e. The van der Waals surface area contributed by atoms with Gasteiger partial charge in [0, 0.05) is 30.9 Å². The Morgan fingerprint density at radius 2 is 2.40 bits per heavy atom. The van der Waals surface area contributed by atoms with Gasteiger partial charge in [-0.2, -0.15) is 0 Å². The van der Waals surface area contributed by atoms with Crippen LogP contribution in [0.3, 0.4) is 0 Å². The number of rotatable bonds is 5. The molecule has 0 aliphatic carbocycles. The SMILES string of the molecule is CC1CN(CCCC(=O)Nc2cccc(N)c2)CCO1. The summed E-state index contributed by atoms with van der Waals surface area (Å²) in [5.41, 5.74) is 7.09. The predicted molar refractivity (Wildman–Crippen MR) is 80.6 cm³/mol. The highest BCUT2D eigenvalue weighted by Crippen LogP contribution is 2.12. The summed E-state index contributed by atoms with van der Waals surface area (Å²) in [6, 6.07) is 7.24. The Bertz CT molecular complexity index is 450. The number of nitrogen functional groups attached to an aromatic ring is 1. The molecule has 0 aromatic heterocycles. The van der Waals surface area contributed by atoms with E-state index in [1.807, 2.05) is 12.1 Å². The fourth-order valence-electron chi connectivity index (χ4n) is 2.40. The number of hydrogen-bond acceptors (Lipinski definition) is 4. The van der Waals surface area contributed by atoms with Crippen LogP contribution in [0.1, 0.15) is 19.8 Å². The van der Waals surface area contributed by atoms with Crippen LogP contribution in [0.2, 0.25) is 0 Å². The zero-order chi connectivity index (χ0) is 14.4. The molecule has 5 nitrogen and oxygen atoms in total. The molecule has 0 radical (unpaired) electrons. The van der Waals surface area contributed by atoms with Crippen molar-refractivity contribution in [1.29, 1.82) is 0 Å². The Balaban J connectivity index is 1.67. The standard InChI is InChI=1S/C15H23N3O2/c1-12-11-18(8-9-20-12)7-3-6-15(19)17-14-5-2-4-13(16)10-14/h2,4-5,10,12H,3,6-9,11,16H2,1H3,(H,17,19). The molecule has 20 heavy (non-hydrogen) atoms. The van der Waals surface area contributed by atoms with E-state index in [2.05, 4.69) is 17.1 Å². The number of carbonyl (C=O) groups is 1. The number of benzene rings is 1. The summed E-state index contributed by atoms with van der Waals surface area (Å²) in [6.45, 7) is 5.73. The molecule has 1 aliphatic rings. The summed E-state index contributed by atoms with van der Waals surface area (Å²) in [4.78, 5) is 14.2. The minimum absolute atomic E-state index is 0.0388. The lowest BCUT2D eigenvalue weighted by Crippen LogP contribution is -2.41. The third kappa shape index (κ3) is 4.83. The first kappa shape index (κ1) is 14.8. The predicted octanol–water partition coefficient (Wildman–Crippen LogP) is 1.71. The molecule has 1 amide bonds. The molecule has 1 aromatic carbocycles. The maximum Gasteiger partial charge on any atom is 0.224 e. The van der Waals surface area contributed by atoms with Crippen molar-refractivity contribution in [2.75, 3.05) is 37.3 Å². The first-order valence-corrected chi connectivity index (χ1v) is 7.13. The number of amides is 1. The van der Waals surface area contributed by atoms with E-state index in [0.717, 1.165) is 38.3 Å². The fourth-order valence-corrected chi connectivity index (χ4v) is 2.40. The van der Waals surface area contributed by atoms with Crippen LogP contribution in [-0.4, -0.2) is 43.2 Å². The van der Waals surface area contributed by atoms with E-state index in [0.29, 0.717) is 18.2 Å². The molecular weight excluding hydrogens is 254 g/mol. The lowest BCUT2D eigenvalue weighted by molar-refractivity contribution is -0.116. The molecule has 110 valence electrons. The molecule has 1 unspecified atom stereocenters. The van der Waals surface area contributed by atoms with E-state index in [-0.39, 0.29) is 5.91 Å². The third-order valence-corrected chi connectivity index (χ3v) is 3.37. The summed E-state index contributed by atoms with van der Waals surface area (Å²) >= 11 is 0. The number of anilines is 2. The minimum Gasteiger partial charge on any atom is -0.399 e. The molecule has 1 heterocycles. The summed E-state index contributed by atoms with van der Waals surface area (Å²) in [5, 5.41) is 2.87. The summed E-state index contributed by atoms with van der Waals surface area (Å²) in [5.74, 6) is 0.0388. The number of morpholine rings is 1. The Kier molecular flexibility index (Phi) is 5.38. The van der Waals surface area contributed by atoms with Gasteiger partial charge in [0.25, 0.3) is 0 Å². The number of carbonyl (C=O) groups excluding carboxylic acids is 1. The van der Waals surface area contributed by atoms with Crippen LogP contribution in [0.4, 0.5) is 11.4 Å². The fraction of sp³-hybridized carbons (Fsp3) is 0.533. The topological polar surface area (TPSA) is 67.6 Å². The summed E-state index contributed by atoms with van der Waals surface area (Å²) in [7, 11) is 0. The van der Waals surface area contributed by atoms with Gasteiger partial charge in [-0.25, -0.2) is 0 Å².